The zero-order valence-corrected chi connectivity index (χ0v) is 13.7. The van der Waals surface area contributed by atoms with E-state index in [1.807, 2.05) is 48.5 Å². The Kier molecular flexibility index (Phi) is 4.91. The van der Waals surface area contributed by atoms with Gasteiger partial charge in [0.15, 0.2) is 0 Å². The summed E-state index contributed by atoms with van der Waals surface area (Å²) in [7, 11) is 1.65. The van der Waals surface area contributed by atoms with E-state index in [1.54, 1.807) is 7.11 Å². The molecule has 0 radical (unpaired) electrons. The number of hydrogen-bond donors (Lipinski definition) is 1. The molecule has 0 saturated heterocycles. The summed E-state index contributed by atoms with van der Waals surface area (Å²) in [5, 5.41) is 6.19. The van der Waals surface area contributed by atoms with E-state index < -0.39 is 0 Å². The van der Waals surface area contributed by atoms with Crippen LogP contribution in [-0.4, -0.2) is 23.4 Å². The Morgan fingerprint density at radius 2 is 1.92 bits per heavy atom. The maximum atomic E-state index is 12.6. The van der Waals surface area contributed by atoms with Crippen LogP contribution >= 0.6 is 0 Å². The van der Waals surface area contributed by atoms with E-state index in [0.717, 1.165) is 28.8 Å². The molecule has 0 unspecified atom stereocenters. The highest BCUT2D eigenvalue weighted by atomic mass is 16.5. The summed E-state index contributed by atoms with van der Waals surface area (Å²) in [6, 6.07) is 15.5. The van der Waals surface area contributed by atoms with Gasteiger partial charge in [-0.15, -0.1) is 0 Å². The van der Waals surface area contributed by atoms with Gasteiger partial charge >= 0.3 is 0 Å². The van der Waals surface area contributed by atoms with Crippen molar-refractivity contribution in [2.45, 2.75) is 19.4 Å². The highest BCUT2D eigenvalue weighted by molar-refractivity contribution is 5.83. The fourth-order valence-electron chi connectivity index (χ4n) is 2.80. The van der Waals surface area contributed by atoms with E-state index >= 15 is 0 Å². The van der Waals surface area contributed by atoms with Crippen molar-refractivity contribution in [2.75, 3.05) is 13.7 Å². The monoisotopic (exact) mass is 323 g/mol. The van der Waals surface area contributed by atoms with Crippen molar-refractivity contribution in [3.63, 3.8) is 0 Å². The van der Waals surface area contributed by atoms with E-state index in [2.05, 4.69) is 5.10 Å². The van der Waals surface area contributed by atoms with Crippen LogP contribution in [0.4, 0.5) is 0 Å². The fourth-order valence-corrected chi connectivity index (χ4v) is 2.80. The summed E-state index contributed by atoms with van der Waals surface area (Å²) in [5.74, 6) is 0.813. The maximum absolute atomic E-state index is 12.6. The standard InChI is InChI=1S/C19H21N3O2/c1-24-15-7-4-6-14(12-15)13-18-16-8-2-3-9-17(16)19(23)22(21-18)11-5-10-20/h2-4,6-9,12H,5,10-11,13,20H2,1H3. The number of aromatic nitrogens is 2. The van der Waals surface area contributed by atoms with Crippen LogP contribution in [0, 0.1) is 0 Å². The number of nitrogens with two attached hydrogens (primary N) is 1. The zero-order valence-electron chi connectivity index (χ0n) is 13.7. The van der Waals surface area contributed by atoms with Crippen LogP contribution < -0.4 is 16.0 Å². The fraction of sp³-hybridized carbons (Fsp3) is 0.263. The molecule has 0 bridgehead atoms. The van der Waals surface area contributed by atoms with Crippen molar-refractivity contribution in [1.29, 1.82) is 0 Å². The second kappa shape index (κ2) is 7.27. The zero-order chi connectivity index (χ0) is 16.9. The van der Waals surface area contributed by atoms with Crippen molar-refractivity contribution in [1.82, 2.24) is 9.78 Å². The highest BCUT2D eigenvalue weighted by Crippen LogP contribution is 2.19. The molecule has 3 aromatic rings. The summed E-state index contributed by atoms with van der Waals surface area (Å²) in [4.78, 5) is 12.6. The normalized spacial score (nSPS) is 10.9. The molecule has 1 aromatic heterocycles. The third kappa shape index (κ3) is 3.31. The molecule has 0 atom stereocenters. The molecule has 2 N–H and O–H groups in total. The quantitative estimate of drug-likeness (QED) is 0.756. The highest BCUT2D eigenvalue weighted by Gasteiger charge is 2.11. The molecular weight excluding hydrogens is 302 g/mol. The molecule has 2 aromatic carbocycles. The largest absolute Gasteiger partial charge is 0.497 e. The Morgan fingerprint density at radius 3 is 2.67 bits per heavy atom. The Bertz CT molecular complexity index is 902. The minimum absolute atomic E-state index is 0.0616. The molecule has 5 nitrogen and oxygen atoms in total. The average Bonchev–Trinajstić information content (AvgIpc) is 2.63. The summed E-state index contributed by atoms with van der Waals surface area (Å²) in [6.07, 6.45) is 1.37. The first-order chi connectivity index (χ1) is 11.7. The topological polar surface area (TPSA) is 70.1 Å². The molecule has 0 fully saturated rings. The molecule has 0 saturated carbocycles. The lowest BCUT2D eigenvalue weighted by Gasteiger charge is -2.11. The second-order valence-corrected chi connectivity index (χ2v) is 5.69. The lowest BCUT2D eigenvalue weighted by Crippen LogP contribution is -2.26. The van der Waals surface area contributed by atoms with Gasteiger partial charge in [-0.2, -0.15) is 5.10 Å². The SMILES string of the molecule is COc1cccc(Cc2nn(CCCN)c(=O)c3ccccc23)c1. The van der Waals surface area contributed by atoms with Crippen LogP contribution in [0.5, 0.6) is 5.75 Å². The van der Waals surface area contributed by atoms with Gasteiger partial charge in [0, 0.05) is 18.4 Å². The molecule has 0 aliphatic carbocycles. The van der Waals surface area contributed by atoms with Crippen LogP contribution in [0.1, 0.15) is 17.7 Å². The molecule has 5 heteroatoms. The third-order valence-electron chi connectivity index (χ3n) is 4.02. The smallest absolute Gasteiger partial charge is 0.274 e. The Labute approximate surface area is 140 Å². The van der Waals surface area contributed by atoms with Gasteiger partial charge in [-0.05, 0) is 36.7 Å². The predicted octanol–water partition coefficient (Wildman–Crippen LogP) is 2.34. The number of ether oxygens (including phenoxy) is 1. The van der Waals surface area contributed by atoms with Gasteiger partial charge in [-0.3, -0.25) is 4.79 Å². The van der Waals surface area contributed by atoms with Gasteiger partial charge in [-0.1, -0.05) is 30.3 Å². The van der Waals surface area contributed by atoms with Crippen molar-refractivity contribution in [3.8, 4) is 5.75 Å². The molecule has 3 rings (SSSR count). The summed E-state index contributed by atoms with van der Waals surface area (Å²) < 4.78 is 6.82. The molecule has 0 spiro atoms. The van der Waals surface area contributed by atoms with Crippen LogP contribution in [0.3, 0.4) is 0 Å². The molecule has 0 amide bonds. The van der Waals surface area contributed by atoms with Gasteiger partial charge in [-0.25, -0.2) is 4.68 Å². The van der Waals surface area contributed by atoms with E-state index in [1.165, 1.54) is 4.68 Å². The lowest BCUT2D eigenvalue weighted by atomic mass is 10.0. The number of methoxy groups -OCH3 is 1. The van der Waals surface area contributed by atoms with E-state index in [4.69, 9.17) is 10.5 Å². The third-order valence-corrected chi connectivity index (χ3v) is 4.02. The van der Waals surface area contributed by atoms with Crippen LogP contribution in [0.15, 0.2) is 53.3 Å². The van der Waals surface area contributed by atoms with Gasteiger partial charge in [0.1, 0.15) is 5.75 Å². The van der Waals surface area contributed by atoms with E-state index in [9.17, 15) is 4.79 Å². The van der Waals surface area contributed by atoms with Crippen LogP contribution in [0.2, 0.25) is 0 Å². The average molecular weight is 323 g/mol. The minimum atomic E-state index is -0.0616. The Hall–Kier alpha value is -2.66. The van der Waals surface area contributed by atoms with E-state index in [-0.39, 0.29) is 5.56 Å². The van der Waals surface area contributed by atoms with Gasteiger partial charge in [0.25, 0.3) is 5.56 Å². The lowest BCUT2D eigenvalue weighted by molar-refractivity contribution is 0.414. The van der Waals surface area contributed by atoms with Crippen LogP contribution in [-0.2, 0) is 13.0 Å². The molecule has 0 aliphatic rings. The van der Waals surface area contributed by atoms with Crippen molar-refractivity contribution in [3.05, 3.63) is 70.1 Å². The van der Waals surface area contributed by atoms with Gasteiger partial charge in [0.05, 0.1) is 18.2 Å². The minimum Gasteiger partial charge on any atom is -0.497 e. The Morgan fingerprint density at radius 1 is 1.12 bits per heavy atom. The predicted molar refractivity (Wildman–Crippen MR) is 95.5 cm³/mol. The number of aryl methyl sites for hydroxylation is 1. The first-order valence-electron chi connectivity index (χ1n) is 8.04. The molecule has 124 valence electrons. The van der Waals surface area contributed by atoms with E-state index in [0.29, 0.717) is 24.9 Å². The summed E-state index contributed by atoms with van der Waals surface area (Å²) in [5.41, 5.74) is 7.49. The summed E-state index contributed by atoms with van der Waals surface area (Å²) >= 11 is 0. The first kappa shape index (κ1) is 16.2. The molecule has 1 heterocycles. The Balaban J connectivity index is 2.08. The van der Waals surface area contributed by atoms with Crippen LogP contribution in [0.25, 0.3) is 10.8 Å². The van der Waals surface area contributed by atoms with Crippen molar-refractivity contribution >= 4 is 10.8 Å². The number of nitrogens with zero attached hydrogens (tertiary/aromatic N) is 2. The molecular formula is C19H21N3O2. The number of fused-ring (bicyclic) bond motifs is 1. The number of benzene rings is 2. The molecule has 24 heavy (non-hydrogen) atoms. The number of rotatable bonds is 6. The second-order valence-electron chi connectivity index (χ2n) is 5.69. The summed E-state index contributed by atoms with van der Waals surface area (Å²) in [6.45, 7) is 1.07. The molecule has 0 aliphatic heterocycles. The maximum Gasteiger partial charge on any atom is 0.274 e. The number of hydrogen-bond acceptors (Lipinski definition) is 4. The van der Waals surface area contributed by atoms with Gasteiger partial charge in [0.2, 0.25) is 0 Å². The van der Waals surface area contributed by atoms with Gasteiger partial charge < -0.3 is 10.5 Å². The first-order valence-corrected chi connectivity index (χ1v) is 8.04. The van der Waals surface area contributed by atoms with Crippen molar-refractivity contribution in [2.24, 2.45) is 5.73 Å². The van der Waals surface area contributed by atoms with Crippen molar-refractivity contribution < 1.29 is 4.74 Å².